The van der Waals surface area contributed by atoms with E-state index in [9.17, 15) is 4.79 Å². The van der Waals surface area contributed by atoms with Crippen molar-refractivity contribution < 1.29 is 9.53 Å². The Balaban J connectivity index is 1.53. The molecule has 2 aromatic rings. The van der Waals surface area contributed by atoms with Crippen molar-refractivity contribution in [3.63, 3.8) is 0 Å². The van der Waals surface area contributed by atoms with Crippen LogP contribution < -0.4 is 10.6 Å². The van der Waals surface area contributed by atoms with Gasteiger partial charge in [-0.3, -0.25) is 0 Å². The van der Waals surface area contributed by atoms with Crippen molar-refractivity contribution in [2.75, 3.05) is 7.11 Å². The summed E-state index contributed by atoms with van der Waals surface area (Å²) >= 11 is 0. The highest BCUT2D eigenvalue weighted by Gasteiger charge is 2.22. The number of benzene rings is 1. The smallest absolute Gasteiger partial charge is 0.315 e. The summed E-state index contributed by atoms with van der Waals surface area (Å²) in [6.07, 6.45) is 2.05. The zero-order chi connectivity index (χ0) is 16.9. The number of amides is 2. The summed E-state index contributed by atoms with van der Waals surface area (Å²) in [5.41, 5.74) is 2.13. The Kier molecular flexibility index (Phi) is 5.10. The lowest BCUT2D eigenvalue weighted by atomic mass is 10.1. The molecular formula is C17H23N5O2. The number of fused-ring (bicyclic) bond motifs is 1. The first-order valence-corrected chi connectivity index (χ1v) is 8.20. The van der Waals surface area contributed by atoms with Crippen molar-refractivity contribution in [1.82, 2.24) is 25.4 Å². The van der Waals surface area contributed by atoms with Gasteiger partial charge in [-0.1, -0.05) is 24.3 Å². The van der Waals surface area contributed by atoms with E-state index in [-0.39, 0.29) is 12.1 Å². The highest BCUT2D eigenvalue weighted by atomic mass is 16.5. The predicted molar refractivity (Wildman–Crippen MR) is 89.3 cm³/mol. The summed E-state index contributed by atoms with van der Waals surface area (Å²) in [6, 6.07) is 7.58. The molecular weight excluding hydrogens is 306 g/mol. The predicted octanol–water partition coefficient (Wildman–Crippen LogP) is 1.93. The van der Waals surface area contributed by atoms with Crippen molar-refractivity contribution in [2.24, 2.45) is 0 Å². The first-order valence-electron chi connectivity index (χ1n) is 8.20. The lowest BCUT2D eigenvalue weighted by molar-refractivity contribution is 0.185. The number of aromatic nitrogens is 3. The third-order valence-corrected chi connectivity index (χ3v) is 4.13. The Bertz CT molecular complexity index is 713. The van der Waals surface area contributed by atoms with E-state index in [1.807, 2.05) is 31.2 Å². The molecule has 0 saturated heterocycles. The molecule has 2 amide bonds. The topological polar surface area (TPSA) is 81.1 Å². The molecule has 0 fully saturated rings. The fourth-order valence-corrected chi connectivity index (χ4v) is 2.98. The summed E-state index contributed by atoms with van der Waals surface area (Å²) in [4.78, 5) is 12.1. The van der Waals surface area contributed by atoms with Crippen LogP contribution in [0.1, 0.15) is 42.2 Å². The molecule has 1 atom stereocenters. The van der Waals surface area contributed by atoms with Crippen molar-refractivity contribution in [3.05, 3.63) is 47.0 Å². The number of rotatable bonds is 6. The van der Waals surface area contributed by atoms with E-state index in [1.54, 1.807) is 7.11 Å². The summed E-state index contributed by atoms with van der Waals surface area (Å²) in [6.45, 7) is 3.88. The zero-order valence-corrected chi connectivity index (χ0v) is 14.1. The Labute approximate surface area is 141 Å². The minimum atomic E-state index is -0.213. The minimum Gasteiger partial charge on any atom is -0.380 e. The number of hydrogen-bond acceptors (Lipinski definition) is 4. The van der Waals surface area contributed by atoms with Gasteiger partial charge in [0.15, 0.2) is 5.82 Å². The van der Waals surface area contributed by atoms with Gasteiger partial charge in [0.2, 0.25) is 0 Å². The van der Waals surface area contributed by atoms with E-state index in [2.05, 4.69) is 25.4 Å². The highest BCUT2D eigenvalue weighted by molar-refractivity contribution is 5.74. The Morgan fingerprint density at radius 3 is 3.04 bits per heavy atom. The number of methoxy groups -OCH3 is 1. The summed E-state index contributed by atoms with van der Waals surface area (Å²) in [5.74, 6) is 1.83. The molecule has 7 heteroatoms. The summed E-state index contributed by atoms with van der Waals surface area (Å²) in [7, 11) is 1.67. The van der Waals surface area contributed by atoms with Crippen molar-refractivity contribution >= 4 is 6.03 Å². The van der Waals surface area contributed by atoms with Gasteiger partial charge in [-0.15, -0.1) is 10.2 Å². The molecule has 0 unspecified atom stereocenters. The second kappa shape index (κ2) is 7.44. The van der Waals surface area contributed by atoms with Gasteiger partial charge in [0.1, 0.15) is 5.82 Å². The molecule has 24 heavy (non-hydrogen) atoms. The quantitative estimate of drug-likeness (QED) is 0.848. The van der Waals surface area contributed by atoms with Gasteiger partial charge >= 0.3 is 6.03 Å². The minimum absolute atomic E-state index is 0.177. The van der Waals surface area contributed by atoms with E-state index in [1.165, 1.54) is 0 Å². The van der Waals surface area contributed by atoms with E-state index in [0.29, 0.717) is 13.2 Å². The van der Waals surface area contributed by atoms with Crippen molar-refractivity contribution in [1.29, 1.82) is 0 Å². The molecule has 1 aliphatic heterocycles. The lowest BCUT2D eigenvalue weighted by Gasteiger charge is -2.15. The van der Waals surface area contributed by atoms with Crippen LogP contribution >= 0.6 is 0 Å². The third-order valence-electron chi connectivity index (χ3n) is 4.13. The largest absolute Gasteiger partial charge is 0.380 e. The van der Waals surface area contributed by atoms with E-state index < -0.39 is 0 Å². The maximum Gasteiger partial charge on any atom is 0.315 e. The number of aryl methyl sites for hydroxylation is 1. The first kappa shape index (κ1) is 16.4. The lowest BCUT2D eigenvalue weighted by Crippen LogP contribution is -2.37. The number of ether oxygens (including phenoxy) is 1. The summed E-state index contributed by atoms with van der Waals surface area (Å²) < 4.78 is 7.22. The molecule has 0 bridgehead atoms. The van der Waals surface area contributed by atoms with Crippen LogP contribution in [0.3, 0.4) is 0 Å². The molecule has 1 aliphatic rings. The number of nitrogens with zero attached hydrogens (tertiary/aromatic N) is 3. The standard InChI is InChI=1S/C17H23N5O2/c1-12(16-21-20-15-7-4-8-22(15)16)19-17(23)18-10-13-5-3-6-14(9-13)11-24-2/h3,5-6,9,12H,4,7-8,10-11H2,1-2H3,(H2,18,19,23)/t12-/m0/s1. The van der Waals surface area contributed by atoms with Gasteiger partial charge < -0.3 is 19.9 Å². The average molecular weight is 329 g/mol. The average Bonchev–Trinajstić information content (AvgIpc) is 3.16. The van der Waals surface area contributed by atoms with Gasteiger partial charge in [-0.25, -0.2) is 4.79 Å². The van der Waals surface area contributed by atoms with Crippen LogP contribution in [0, 0.1) is 0 Å². The highest BCUT2D eigenvalue weighted by Crippen LogP contribution is 2.18. The van der Waals surface area contributed by atoms with Crippen molar-refractivity contribution in [2.45, 2.75) is 45.5 Å². The molecule has 0 aliphatic carbocycles. The molecule has 3 rings (SSSR count). The molecule has 2 N–H and O–H groups in total. The van der Waals surface area contributed by atoms with Gasteiger partial charge in [-0.05, 0) is 24.5 Å². The van der Waals surface area contributed by atoms with Crippen LogP contribution in [0.15, 0.2) is 24.3 Å². The normalized spacial score (nSPS) is 14.2. The van der Waals surface area contributed by atoms with Crippen LogP contribution in [0.2, 0.25) is 0 Å². The maximum atomic E-state index is 12.1. The third kappa shape index (κ3) is 3.73. The maximum absolute atomic E-state index is 12.1. The van der Waals surface area contributed by atoms with Crippen molar-refractivity contribution in [3.8, 4) is 0 Å². The number of carbonyl (C=O) groups excluding carboxylic acids is 1. The van der Waals surface area contributed by atoms with Gasteiger partial charge in [0.05, 0.1) is 12.6 Å². The molecule has 0 radical (unpaired) electrons. The number of urea groups is 1. The van der Waals surface area contributed by atoms with E-state index in [4.69, 9.17) is 4.74 Å². The number of carbonyl (C=O) groups is 1. The van der Waals surface area contributed by atoms with Gasteiger partial charge in [0, 0.05) is 26.6 Å². The second-order valence-electron chi connectivity index (χ2n) is 6.03. The Morgan fingerprint density at radius 2 is 2.21 bits per heavy atom. The molecule has 1 aromatic heterocycles. The fourth-order valence-electron chi connectivity index (χ4n) is 2.98. The van der Waals surface area contributed by atoms with E-state index >= 15 is 0 Å². The molecule has 1 aromatic carbocycles. The molecule has 7 nitrogen and oxygen atoms in total. The van der Waals surface area contributed by atoms with Gasteiger partial charge in [-0.2, -0.15) is 0 Å². The molecule has 128 valence electrons. The van der Waals surface area contributed by atoms with Crippen LogP contribution in [0.4, 0.5) is 4.79 Å². The summed E-state index contributed by atoms with van der Waals surface area (Å²) in [5, 5.41) is 14.2. The zero-order valence-electron chi connectivity index (χ0n) is 14.1. The first-order chi connectivity index (χ1) is 11.7. The van der Waals surface area contributed by atoms with Gasteiger partial charge in [0.25, 0.3) is 0 Å². The van der Waals surface area contributed by atoms with Crippen LogP contribution in [0.5, 0.6) is 0 Å². The molecule has 2 heterocycles. The molecule has 0 spiro atoms. The fraction of sp³-hybridized carbons (Fsp3) is 0.471. The van der Waals surface area contributed by atoms with Crippen LogP contribution in [0.25, 0.3) is 0 Å². The van der Waals surface area contributed by atoms with Crippen LogP contribution in [-0.4, -0.2) is 27.9 Å². The van der Waals surface area contributed by atoms with Crippen LogP contribution in [-0.2, 0) is 30.9 Å². The monoisotopic (exact) mass is 329 g/mol. The number of hydrogen-bond donors (Lipinski definition) is 2. The Hall–Kier alpha value is -2.41. The Morgan fingerprint density at radius 1 is 1.38 bits per heavy atom. The number of nitrogens with one attached hydrogen (secondary N) is 2. The molecule has 0 saturated carbocycles. The van der Waals surface area contributed by atoms with E-state index in [0.717, 1.165) is 42.2 Å². The SMILES string of the molecule is COCc1cccc(CNC(=O)N[C@@H](C)c2nnc3n2CCC3)c1. The second-order valence-corrected chi connectivity index (χ2v) is 6.03.